The monoisotopic (exact) mass is 244 g/mol. The Morgan fingerprint density at radius 1 is 1.06 bits per heavy atom. The van der Waals surface area contributed by atoms with Gasteiger partial charge >= 0.3 is 0 Å². The average molecular weight is 244 g/mol. The van der Waals surface area contributed by atoms with Crippen LogP contribution in [0.4, 0.5) is 0 Å². The van der Waals surface area contributed by atoms with Crippen molar-refractivity contribution in [3.8, 4) is 0 Å². The first-order chi connectivity index (χ1) is 8.61. The van der Waals surface area contributed by atoms with Gasteiger partial charge in [-0.2, -0.15) is 0 Å². The lowest BCUT2D eigenvalue weighted by Crippen LogP contribution is -2.44. The van der Waals surface area contributed by atoms with Gasteiger partial charge in [-0.15, -0.1) is 0 Å². The van der Waals surface area contributed by atoms with E-state index in [2.05, 4.69) is 0 Å². The third-order valence-corrected chi connectivity index (χ3v) is 3.54. The van der Waals surface area contributed by atoms with Crippen molar-refractivity contribution in [2.24, 2.45) is 0 Å². The molecule has 0 aromatic heterocycles. The van der Waals surface area contributed by atoms with Crippen LogP contribution in [0.2, 0.25) is 0 Å². The van der Waals surface area contributed by atoms with Crippen molar-refractivity contribution in [1.29, 1.82) is 0 Å². The second-order valence-electron chi connectivity index (χ2n) is 4.59. The van der Waals surface area contributed by atoms with Gasteiger partial charge in [-0.1, -0.05) is 12.1 Å². The summed E-state index contributed by atoms with van der Waals surface area (Å²) in [5.41, 5.74) is 0.787. The normalized spacial score (nSPS) is 22.9. The van der Waals surface area contributed by atoms with Gasteiger partial charge < -0.3 is 4.90 Å². The Bertz CT molecular complexity index is 532. The molecule has 1 aromatic rings. The van der Waals surface area contributed by atoms with E-state index in [9.17, 15) is 14.4 Å². The molecule has 1 aromatic carbocycles. The van der Waals surface area contributed by atoms with Gasteiger partial charge in [0.2, 0.25) is 5.91 Å². The van der Waals surface area contributed by atoms with Crippen molar-refractivity contribution in [3.63, 3.8) is 0 Å². The largest absolute Gasteiger partial charge is 0.344 e. The summed E-state index contributed by atoms with van der Waals surface area (Å²) in [5, 5.41) is 0. The standard InChI is InChI=1S/C13H12N2O3/c1-14-7-6-10(13(14)18)15-11(16)8-4-2-3-5-9(8)12(15)17/h2-5,10H,6-7H2,1H3. The molecular weight excluding hydrogens is 232 g/mol. The quantitative estimate of drug-likeness (QED) is 0.676. The molecule has 0 saturated carbocycles. The number of likely N-dealkylation sites (tertiary alicyclic amines) is 1. The fourth-order valence-electron chi connectivity index (χ4n) is 2.53. The molecular formula is C13H12N2O3. The highest BCUT2D eigenvalue weighted by molar-refractivity contribution is 6.22. The molecule has 0 radical (unpaired) electrons. The topological polar surface area (TPSA) is 57.7 Å². The summed E-state index contributed by atoms with van der Waals surface area (Å²) in [7, 11) is 1.68. The third kappa shape index (κ3) is 1.30. The zero-order chi connectivity index (χ0) is 12.9. The smallest absolute Gasteiger partial charge is 0.262 e. The van der Waals surface area contributed by atoms with E-state index in [1.807, 2.05) is 0 Å². The van der Waals surface area contributed by atoms with Gasteiger partial charge in [0.05, 0.1) is 11.1 Å². The van der Waals surface area contributed by atoms with Gasteiger partial charge in [0.15, 0.2) is 0 Å². The predicted octanol–water partition coefficient (Wildman–Crippen LogP) is 0.513. The molecule has 2 heterocycles. The molecule has 1 unspecified atom stereocenters. The highest BCUT2D eigenvalue weighted by atomic mass is 16.2. The van der Waals surface area contributed by atoms with Crippen molar-refractivity contribution >= 4 is 17.7 Å². The van der Waals surface area contributed by atoms with E-state index in [-0.39, 0.29) is 17.7 Å². The van der Waals surface area contributed by atoms with E-state index < -0.39 is 6.04 Å². The second-order valence-corrected chi connectivity index (χ2v) is 4.59. The maximum Gasteiger partial charge on any atom is 0.262 e. The molecule has 2 aliphatic heterocycles. The fourth-order valence-corrected chi connectivity index (χ4v) is 2.53. The Labute approximate surface area is 104 Å². The Kier molecular flexibility index (Phi) is 2.23. The minimum Gasteiger partial charge on any atom is -0.344 e. The molecule has 5 nitrogen and oxygen atoms in total. The van der Waals surface area contributed by atoms with Gasteiger partial charge in [0.1, 0.15) is 6.04 Å². The number of fused-ring (bicyclic) bond motifs is 1. The maximum atomic E-state index is 12.2. The van der Waals surface area contributed by atoms with Crippen LogP contribution >= 0.6 is 0 Å². The Hall–Kier alpha value is -2.17. The summed E-state index contributed by atoms with van der Waals surface area (Å²) < 4.78 is 0. The van der Waals surface area contributed by atoms with Crippen LogP contribution in [-0.2, 0) is 4.79 Å². The van der Waals surface area contributed by atoms with Gasteiger partial charge in [-0.25, -0.2) is 0 Å². The predicted molar refractivity (Wildman–Crippen MR) is 63.0 cm³/mol. The molecule has 0 bridgehead atoms. The van der Waals surface area contributed by atoms with Crippen LogP contribution in [0.15, 0.2) is 24.3 Å². The molecule has 0 spiro atoms. The molecule has 18 heavy (non-hydrogen) atoms. The third-order valence-electron chi connectivity index (χ3n) is 3.54. The van der Waals surface area contributed by atoms with Crippen molar-refractivity contribution in [2.45, 2.75) is 12.5 Å². The first kappa shape index (κ1) is 11.0. The van der Waals surface area contributed by atoms with Crippen LogP contribution in [0.5, 0.6) is 0 Å². The van der Waals surface area contributed by atoms with Crippen molar-refractivity contribution in [2.75, 3.05) is 13.6 Å². The molecule has 0 N–H and O–H groups in total. The lowest BCUT2D eigenvalue weighted by Gasteiger charge is -2.20. The number of likely N-dealkylation sites (N-methyl/N-ethyl adjacent to an activating group) is 1. The maximum absolute atomic E-state index is 12.2. The second kappa shape index (κ2) is 3.66. The zero-order valence-corrected chi connectivity index (χ0v) is 9.92. The van der Waals surface area contributed by atoms with Crippen LogP contribution in [0.1, 0.15) is 27.1 Å². The first-order valence-corrected chi connectivity index (χ1v) is 5.83. The molecule has 1 fully saturated rings. The molecule has 5 heteroatoms. The number of carbonyl (C=O) groups excluding carboxylic acids is 3. The zero-order valence-electron chi connectivity index (χ0n) is 9.92. The summed E-state index contributed by atoms with van der Waals surface area (Å²) in [6.45, 7) is 0.580. The van der Waals surface area contributed by atoms with Gasteiger partial charge in [-0.3, -0.25) is 19.3 Å². The van der Waals surface area contributed by atoms with E-state index in [1.54, 1.807) is 36.2 Å². The van der Waals surface area contributed by atoms with Crippen LogP contribution in [0, 0.1) is 0 Å². The molecule has 92 valence electrons. The summed E-state index contributed by atoms with van der Waals surface area (Å²) in [4.78, 5) is 38.9. The van der Waals surface area contributed by atoms with Crippen molar-refractivity contribution in [3.05, 3.63) is 35.4 Å². The Morgan fingerprint density at radius 3 is 2.06 bits per heavy atom. The highest BCUT2D eigenvalue weighted by Gasteiger charge is 2.45. The molecule has 3 rings (SSSR count). The van der Waals surface area contributed by atoms with E-state index in [0.717, 1.165) is 4.90 Å². The van der Waals surface area contributed by atoms with Gasteiger partial charge in [0, 0.05) is 13.6 Å². The Balaban J connectivity index is 2.00. The summed E-state index contributed by atoms with van der Waals surface area (Å²) in [5.74, 6) is -0.877. The minimum atomic E-state index is -0.637. The summed E-state index contributed by atoms with van der Waals surface area (Å²) >= 11 is 0. The number of hydrogen-bond acceptors (Lipinski definition) is 3. The van der Waals surface area contributed by atoms with Crippen molar-refractivity contribution < 1.29 is 14.4 Å². The lowest BCUT2D eigenvalue weighted by molar-refractivity contribution is -0.129. The minimum absolute atomic E-state index is 0.162. The van der Waals surface area contributed by atoms with E-state index >= 15 is 0 Å². The summed E-state index contributed by atoms with van der Waals surface area (Å²) in [6, 6.07) is 6.05. The molecule has 1 atom stereocenters. The van der Waals surface area contributed by atoms with Crippen LogP contribution < -0.4 is 0 Å². The number of carbonyl (C=O) groups is 3. The van der Waals surface area contributed by atoms with E-state index in [1.165, 1.54) is 0 Å². The van der Waals surface area contributed by atoms with Crippen LogP contribution in [-0.4, -0.2) is 47.2 Å². The molecule has 0 aliphatic carbocycles. The number of benzene rings is 1. The fraction of sp³-hybridized carbons (Fsp3) is 0.308. The summed E-state index contributed by atoms with van der Waals surface area (Å²) in [6.07, 6.45) is 0.515. The Morgan fingerprint density at radius 2 is 1.61 bits per heavy atom. The average Bonchev–Trinajstić information content (AvgIpc) is 2.82. The molecule has 3 amide bonds. The lowest BCUT2D eigenvalue weighted by atomic mass is 10.1. The number of rotatable bonds is 1. The molecule has 2 aliphatic rings. The highest BCUT2D eigenvalue weighted by Crippen LogP contribution is 2.28. The number of hydrogen-bond donors (Lipinski definition) is 0. The number of amides is 3. The van der Waals surface area contributed by atoms with E-state index in [4.69, 9.17) is 0 Å². The number of nitrogens with zero attached hydrogens (tertiary/aromatic N) is 2. The number of imide groups is 1. The van der Waals surface area contributed by atoms with Crippen molar-refractivity contribution in [1.82, 2.24) is 9.80 Å². The first-order valence-electron chi connectivity index (χ1n) is 5.83. The van der Waals surface area contributed by atoms with Gasteiger partial charge in [-0.05, 0) is 18.6 Å². The van der Waals surface area contributed by atoms with Crippen LogP contribution in [0.25, 0.3) is 0 Å². The molecule has 1 saturated heterocycles. The van der Waals surface area contributed by atoms with Crippen LogP contribution in [0.3, 0.4) is 0 Å². The van der Waals surface area contributed by atoms with E-state index in [0.29, 0.717) is 24.1 Å². The van der Waals surface area contributed by atoms with Gasteiger partial charge in [0.25, 0.3) is 11.8 Å². The SMILES string of the molecule is CN1CCC(N2C(=O)c3ccccc3C2=O)C1=O.